The molecule has 0 atom stereocenters. The summed E-state index contributed by atoms with van der Waals surface area (Å²) in [5.74, 6) is -0.840. The van der Waals surface area contributed by atoms with Crippen molar-refractivity contribution in [3.05, 3.63) is 58.8 Å². The number of hydrogen-bond donors (Lipinski definition) is 3. The zero-order valence-corrected chi connectivity index (χ0v) is 15.4. The second kappa shape index (κ2) is 6.59. The van der Waals surface area contributed by atoms with Gasteiger partial charge in [-0.3, -0.25) is 4.79 Å². The number of aromatic nitrogens is 1. The number of carbonyl (C=O) groups excluding carboxylic acids is 1. The molecule has 0 aliphatic carbocycles. The minimum atomic E-state index is -3.97. The molecule has 3 rings (SSSR count). The fraction of sp³-hybridized carbons (Fsp3) is 0.211. The number of H-pyrrole nitrogens is 1. The van der Waals surface area contributed by atoms with E-state index in [4.69, 9.17) is 10.8 Å². The summed E-state index contributed by atoms with van der Waals surface area (Å²) in [5.41, 5.74) is 8.19. The van der Waals surface area contributed by atoms with E-state index in [1.54, 1.807) is 30.3 Å². The van der Waals surface area contributed by atoms with Gasteiger partial charge in [0.15, 0.2) is 0 Å². The van der Waals surface area contributed by atoms with Gasteiger partial charge in [0.25, 0.3) is 5.91 Å². The maximum Gasteiger partial charge on any atom is 0.266 e. The van der Waals surface area contributed by atoms with Crippen molar-refractivity contribution >= 4 is 26.6 Å². The lowest BCUT2D eigenvalue weighted by Crippen LogP contribution is -2.16. The molecule has 26 heavy (non-hydrogen) atoms. The van der Waals surface area contributed by atoms with Crippen molar-refractivity contribution in [2.24, 2.45) is 5.73 Å². The molecule has 0 spiro atoms. The lowest BCUT2D eigenvalue weighted by molar-refractivity contribution is 0.0993. The fourth-order valence-electron chi connectivity index (χ4n) is 3.16. The van der Waals surface area contributed by atoms with Crippen LogP contribution >= 0.6 is 0 Å². The van der Waals surface area contributed by atoms with Crippen LogP contribution in [0.15, 0.2) is 46.2 Å². The molecule has 0 saturated heterocycles. The van der Waals surface area contributed by atoms with Crippen LogP contribution in [0.3, 0.4) is 0 Å². The molecule has 7 heteroatoms. The van der Waals surface area contributed by atoms with Crippen LogP contribution in [0.2, 0.25) is 0 Å². The van der Waals surface area contributed by atoms with Gasteiger partial charge in [-0.15, -0.1) is 0 Å². The minimum Gasteiger partial charge on any atom is -0.396 e. The van der Waals surface area contributed by atoms with Crippen molar-refractivity contribution in [2.75, 3.05) is 6.61 Å². The van der Waals surface area contributed by atoms with Gasteiger partial charge < -0.3 is 15.8 Å². The summed E-state index contributed by atoms with van der Waals surface area (Å²) in [4.78, 5) is 14.7. The average Bonchev–Trinajstić information content (AvgIpc) is 2.94. The first-order chi connectivity index (χ1) is 12.2. The van der Waals surface area contributed by atoms with Gasteiger partial charge in [-0.1, -0.05) is 12.1 Å². The van der Waals surface area contributed by atoms with Crippen LogP contribution in [0.5, 0.6) is 0 Å². The van der Waals surface area contributed by atoms with Crippen LogP contribution in [0.4, 0.5) is 0 Å². The van der Waals surface area contributed by atoms with Crippen LogP contribution in [-0.2, 0) is 16.3 Å². The Morgan fingerprint density at radius 3 is 2.35 bits per heavy atom. The highest BCUT2D eigenvalue weighted by Gasteiger charge is 2.29. The number of hydrogen-bond acceptors (Lipinski definition) is 4. The average molecular weight is 372 g/mol. The predicted molar refractivity (Wildman–Crippen MR) is 99.0 cm³/mol. The van der Waals surface area contributed by atoms with Crippen molar-refractivity contribution < 1.29 is 18.3 Å². The lowest BCUT2D eigenvalue weighted by atomic mass is 10.1. The third-order valence-corrected chi connectivity index (χ3v) is 6.05. The summed E-state index contributed by atoms with van der Waals surface area (Å²) in [7, 11) is -3.97. The molecule has 0 fully saturated rings. The van der Waals surface area contributed by atoms with Gasteiger partial charge in [-0.25, -0.2) is 8.42 Å². The largest absolute Gasteiger partial charge is 0.396 e. The van der Waals surface area contributed by atoms with Crippen molar-refractivity contribution in [3.63, 3.8) is 0 Å². The molecule has 136 valence electrons. The van der Waals surface area contributed by atoms with E-state index in [1.165, 1.54) is 0 Å². The minimum absolute atomic E-state index is 0.0578. The Morgan fingerprint density at radius 1 is 1.12 bits per heavy atom. The number of primary amides is 1. The Balaban J connectivity index is 2.35. The first-order valence-electron chi connectivity index (χ1n) is 8.12. The Bertz CT molecular complexity index is 1090. The van der Waals surface area contributed by atoms with Gasteiger partial charge >= 0.3 is 0 Å². The summed E-state index contributed by atoms with van der Waals surface area (Å²) in [6.07, 6.45) is 0.385. The number of fused-ring (bicyclic) bond motifs is 1. The van der Waals surface area contributed by atoms with E-state index in [2.05, 4.69) is 4.98 Å². The number of nitrogens with two attached hydrogens (primary N) is 1. The number of aliphatic hydroxyl groups is 1. The number of aromatic amines is 1. The van der Waals surface area contributed by atoms with Gasteiger partial charge in [0, 0.05) is 17.5 Å². The third kappa shape index (κ3) is 3.11. The standard InChI is InChI=1S/C19H20N2O4S/c1-11-7-12(2)9-14(8-11)26(24,25)18-15-10-13(5-6-22)3-4-16(15)21-17(18)19(20)23/h3-4,7-10,21-22H,5-6H2,1-2H3,(H2,20,23). The van der Waals surface area contributed by atoms with Crippen LogP contribution < -0.4 is 5.73 Å². The Morgan fingerprint density at radius 2 is 1.77 bits per heavy atom. The van der Waals surface area contributed by atoms with Crippen molar-refractivity contribution in [3.8, 4) is 0 Å². The van der Waals surface area contributed by atoms with E-state index in [0.717, 1.165) is 16.7 Å². The second-order valence-corrected chi connectivity index (χ2v) is 8.26. The fourth-order valence-corrected chi connectivity index (χ4v) is 4.95. The number of carbonyl (C=O) groups is 1. The quantitative estimate of drug-likeness (QED) is 0.637. The summed E-state index contributed by atoms with van der Waals surface area (Å²) in [6.45, 7) is 3.57. The van der Waals surface area contributed by atoms with Gasteiger partial charge in [-0.05, 0) is 61.2 Å². The monoisotopic (exact) mass is 372 g/mol. The Labute approximate surface area is 151 Å². The number of aryl methyl sites for hydroxylation is 2. The number of sulfone groups is 1. The topological polar surface area (TPSA) is 113 Å². The zero-order valence-electron chi connectivity index (χ0n) is 14.5. The number of aliphatic hydroxyl groups excluding tert-OH is 1. The molecule has 4 N–H and O–H groups in total. The van der Waals surface area contributed by atoms with Crippen LogP contribution in [0.1, 0.15) is 27.2 Å². The normalized spacial score (nSPS) is 11.8. The molecule has 0 saturated carbocycles. The Kier molecular flexibility index (Phi) is 4.60. The van der Waals surface area contributed by atoms with E-state index in [1.807, 2.05) is 19.9 Å². The molecular formula is C19H20N2O4S. The SMILES string of the molecule is Cc1cc(C)cc(S(=O)(=O)c2c(C(N)=O)[nH]c3ccc(CCO)cc23)c1. The third-order valence-electron chi connectivity index (χ3n) is 4.24. The lowest BCUT2D eigenvalue weighted by Gasteiger charge is -2.08. The van der Waals surface area contributed by atoms with Gasteiger partial charge in [0.2, 0.25) is 9.84 Å². The van der Waals surface area contributed by atoms with E-state index in [-0.39, 0.29) is 22.1 Å². The number of amides is 1. The van der Waals surface area contributed by atoms with E-state index >= 15 is 0 Å². The second-order valence-electron chi connectivity index (χ2n) is 6.37. The molecule has 0 unspecified atom stereocenters. The van der Waals surface area contributed by atoms with Crippen LogP contribution in [-0.4, -0.2) is 31.0 Å². The smallest absolute Gasteiger partial charge is 0.266 e. The van der Waals surface area contributed by atoms with Gasteiger partial charge in [0.05, 0.1) is 4.90 Å². The van der Waals surface area contributed by atoms with Crippen LogP contribution in [0, 0.1) is 13.8 Å². The molecule has 3 aromatic rings. The van der Waals surface area contributed by atoms with E-state index in [0.29, 0.717) is 17.3 Å². The molecule has 1 aromatic heterocycles. The van der Waals surface area contributed by atoms with Crippen molar-refractivity contribution in [2.45, 2.75) is 30.1 Å². The molecule has 1 heterocycles. The molecule has 2 aromatic carbocycles. The first-order valence-corrected chi connectivity index (χ1v) is 9.61. The summed E-state index contributed by atoms with van der Waals surface area (Å²) >= 11 is 0. The maximum absolute atomic E-state index is 13.3. The molecule has 6 nitrogen and oxygen atoms in total. The summed E-state index contributed by atoms with van der Waals surface area (Å²) in [6, 6.07) is 10.2. The summed E-state index contributed by atoms with van der Waals surface area (Å²) < 4.78 is 26.7. The predicted octanol–water partition coefficient (Wildman–Crippen LogP) is 2.25. The molecule has 0 aliphatic rings. The molecule has 0 bridgehead atoms. The van der Waals surface area contributed by atoms with Crippen molar-refractivity contribution in [1.82, 2.24) is 4.98 Å². The highest BCUT2D eigenvalue weighted by atomic mass is 32.2. The molecule has 1 amide bonds. The number of nitrogens with one attached hydrogen (secondary N) is 1. The molecule has 0 aliphatic heterocycles. The van der Waals surface area contributed by atoms with E-state index in [9.17, 15) is 13.2 Å². The highest BCUT2D eigenvalue weighted by molar-refractivity contribution is 7.91. The number of rotatable bonds is 5. The molecule has 0 radical (unpaired) electrons. The highest BCUT2D eigenvalue weighted by Crippen LogP contribution is 2.33. The zero-order chi connectivity index (χ0) is 19.1. The molecular weight excluding hydrogens is 352 g/mol. The van der Waals surface area contributed by atoms with Crippen LogP contribution in [0.25, 0.3) is 10.9 Å². The summed E-state index contributed by atoms with van der Waals surface area (Å²) in [5, 5.41) is 9.55. The van der Waals surface area contributed by atoms with E-state index < -0.39 is 15.7 Å². The van der Waals surface area contributed by atoms with Gasteiger partial charge in [-0.2, -0.15) is 0 Å². The number of benzene rings is 2. The van der Waals surface area contributed by atoms with Gasteiger partial charge in [0.1, 0.15) is 10.6 Å². The maximum atomic E-state index is 13.3. The Hall–Kier alpha value is -2.64. The van der Waals surface area contributed by atoms with Crippen molar-refractivity contribution in [1.29, 1.82) is 0 Å². The first kappa shape index (κ1) is 18.2.